The summed E-state index contributed by atoms with van der Waals surface area (Å²) in [6.45, 7) is 6.27. The zero-order valence-corrected chi connectivity index (χ0v) is 13.6. The molecule has 0 aromatic heterocycles. The van der Waals surface area contributed by atoms with Gasteiger partial charge in [0.15, 0.2) is 5.82 Å². The summed E-state index contributed by atoms with van der Waals surface area (Å²) in [5.41, 5.74) is 7.10. The Balaban J connectivity index is 2.27. The molecular weight excluding hydrogens is 327 g/mol. The molecule has 1 heterocycles. The highest BCUT2D eigenvalue weighted by atomic mass is 79.9. The van der Waals surface area contributed by atoms with Gasteiger partial charge in [0.25, 0.3) is 0 Å². The van der Waals surface area contributed by atoms with Crippen LogP contribution in [-0.2, 0) is 0 Å². The third kappa shape index (κ3) is 3.08. The predicted molar refractivity (Wildman–Crippen MR) is 85.2 cm³/mol. The Labute approximate surface area is 127 Å². The van der Waals surface area contributed by atoms with Crippen LogP contribution in [0.4, 0.5) is 10.1 Å². The first-order valence-corrected chi connectivity index (χ1v) is 7.55. The van der Waals surface area contributed by atoms with Gasteiger partial charge in [-0.15, -0.1) is 0 Å². The topological polar surface area (TPSA) is 29.3 Å². The van der Waals surface area contributed by atoms with Crippen molar-refractivity contribution >= 4 is 38.8 Å². The molecule has 0 amide bonds. The molecule has 1 aliphatic rings. The van der Waals surface area contributed by atoms with Crippen molar-refractivity contribution in [2.45, 2.75) is 26.7 Å². The maximum atomic E-state index is 14.4. The van der Waals surface area contributed by atoms with Crippen LogP contribution in [0.25, 0.3) is 0 Å². The highest BCUT2D eigenvalue weighted by Gasteiger charge is 2.27. The summed E-state index contributed by atoms with van der Waals surface area (Å²) in [5.74, 6) is -0.273. The first-order chi connectivity index (χ1) is 8.82. The third-order valence-corrected chi connectivity index (χ3v) is 4.78. The number of hydrogen-bond donors (Lipinski definition) is 1. The Morgan fingerprint density at radius 2 is 1.95 bits per heavy atom. The van der Waals surface area contributed by atoms with Crippen LogP contribution in [0.3, 0.4) is 0 Å². The van der Waals surface area contributed by atoms with Crippen LogP contribution in [0, 0.1) is 11.2 Å². The van der Waals surface area contributed by atoms with Gasteiger partial charge in [0.1, 0.15) is 4.99 Å². The predicted octanol–water partition coefficient (Wildman–Crippen LogP) is 3.85. The standard InChI is InChI=1S/C14H18BrFN2S/c1-14(2)5-7-18(8-6-14)10-4-3-9(13(17)19)11(15)12(10)16/h3-4H,5-8H2,1-2H3,(H2,17,19). The molecule has 0 aliphatic carbocycles. The monoisotopic (exact) mass is 344 g/mol. The number of piperidine rings is 1. The second-order valence-electron chi connectivity index (χ2n) is 5.78. The molecule has 1 aliphatic heterocycles. The molecule has 1 fully saturated rings. The van der Waals surface area contributed by atoms with Crippen molar-refractivity contribution < 1.29 is 4.39 Å². The van der Waals surface area contributed by atoms with E-state index in [0.717, 1.165) is 25.9 Å². The molecule has 0 saturated carbocycles. The Morgan fingerprint density at radius 1 is 1.37 bits per heavy atom. The third-order valence-electron chi connectivity index (χ3n) is 3.79. The van der Waals surface area contributed by atoms with E-state index >= 15 is 0 Å². The molecule has 1 aromatic carbocycles. The summed E-state index contributed by atoms with van der Waals surface area (Å²) in [7, 11) is 0. The van der Waals surface area contributed by atoms with Crippen LogP contribution in [0.15, 0.2) is 16.6 Å². The number of nitrogens with zero attached hydrogens (tertiary/aromatic N) is 1. The molecular formula is C14H18BrFN2S. The molecule has 0 spiro atoms. The molecule has 19 heavy (non-hydrogen) atoms. The minimum absolute atomic E-state index is 0.206. The van der Waals surface area contributed by atoms with Gasteiger partial charge in [0, 0.05) is 18.7 Å². The van der Waals surface area contributed by atoms with Crippen LogP contribution in [-0.4, -0.2) is 18.1 Å². The smallest absolute Gasteiger partial charge is 0.161 e. The van der Waals surface area contributed by atoms with Gasteiger partial charge in [0.2, 0.25) is 0 Å². The lowest BCUT2D eigenvalue weighted by molar-refractivity contribution is 0.279. The number of halogens is 2. The molecule has 0 atom stereocenters. The van der Waals surface area contributed by atoms with Crippen molar-refractivity contribution in [3.63, 3.8) is 0 Å². The van der Waals surface area contributed by atoms with E-state index in [1.807, 2.05) is 0 Å². The van der Waals surface area contributed by atoms with E-state index in [1.54, 1.807) is 12.1 Å². The van der Waals surface area contributed by atoms with Crippen LogP contribution in [0.2, 0.25) is 0 Å². The van der Waals surface area contributed by atoms with Crippen molar-refractivity contribution in [3.8, 4) is 0 Å². The molecule has 0 radical (unpaired) electrons. The highest BCUT2D eigenvalue weighted by Crippen LogP contribution is 2.35. The van der Waals surface area contributed by atoms with E-state index in [9.17, 15) is 4.39 Å². The lowest BCUT2D eigenvalue weighted by Gasteiger charge is -2.38. The SMILES string of the molecule is CC1(C)CCN(c2ccc(C(N)=S)c(Br)c2F)CC1. The molecule has 2 nitrogen and oxygen atoms in total. The van der Waals surface area contributed by atoms with Crippen LogP contribution in [0.5, 0.6) is 0 Å². The summed E-state index contributed by atoms with van der Waals surface area (Å²) in [6.07, 6.45) is 2.14. The second kappa shape index (κ2) is 5.37. The van der Waals surface area contributed by atoms with E-state index in [-0.39, 0.29) is 10.8 Å². The second-order valence-corrected chi connectivity index (χ2v) is 7.01. The number of anilines is 1. The normalized spacial score (nSPS) is 18.4. The fourth-order valence-electron chi connectivity index (χ4n) is 2.33. The molecule has 0 unspecified atom stereocenters. The fraction of sp³-hybridized carbons (Fsp3) is 0.500. The van der Waals surface area contributed by atoms with E-state index in [0.29, 0.717) is 21.1 Å². The summed E-state index contributed by atoms with van der Waals surface area (Å²) in [5, 5.41) is 0. The Kier molecular flexibility index (Phi) is 4.16. The summed E-state index contributed by atoms with van der Waals surface area (Å²) < 4.78 is 14.8. The molecule has 1 saturated heterocycles. The minimum Gasteiger partial charge on any atom is -0.389 e. The van der Waals surface area contributed by atoms with E-state index in [1.165, 1.54) is 0 Å². The highest BCUT2D eigenvalue weighted by molar-refractivity contribution is 9.10. The lowest BCUT2D eigenvalue weighted by Crippen LogP contribution is -2.37. The van der Waals surface area contributed by atoms with Gasteiger partial charge in [-0.25, -0.2) is 4.39 Å². The van der Waals surface area contributed by atoms with Crippen molar-refractivity contribution in [1.29, 1.82) is 0 Å². The average molecular weight is 345 g/mol. The van der Waals surface area contributed by atoms with Crippen molar-refractivity contribution in [2.24, 2.45) is 11.1 Å². The van der Waals surface area contributed by atoms with Gasteiger partial charge in [-0.1, -0.05) is 26.1 Å². The van der Waals surface area contributed by atoms with Gasteiger partial charge in [-0.2, -0.15) is 0 Å². The molecule has 104 valence electrons. The number of nitrogens with two attached hydrogens (primary N) is 1. The Morgan fingerprint density at radius 3 is 2.47 bits per heavy atom. The summed E-state index contributed by atoms with van der Waals surface area (Å²) in [6, 6.07) is 3.55. The van der Waals surface area contributed by atoms with Gasteiger partial charge in [-0.3, -0.25) is 0 Å². The van der Waals surface area contributed by atoms with Crippen LogP contribution < -0.4 is 10.6 Å². The van der Waals surface area contributed by atoms with Gasteiger partial charge >= 0.3 is 0 Å². The number of rotatable bonds is 2. The average Bonchev–Trinajstić information content (AvgIpc) is 2.33. The van der Waals surface area contributed by atoms with Crippen molar-refractivity contribution in [2.75, 3.05) is 18.0 Å². The Hall–Kier alpha value is -0.680. The van der Waals surface area contributed by atoms with Gasteiger partial charge in [0.05, 0.1) is 10.2 Å². The van der Waals surface area contributed by atoms with Crippen molar-refractivity contribution in [3.05, 3.63) is 28.0 Å². The summed E-state index contributed by atoms with van der Waals surface area (Å²) >= 11 is 8.16. The molecule has 2 N–H and O–H groups in total. The lowest BCUT2D eigenvalue weighted by atomic mass is 9.82. The Bertz CT molecular complexity index is 506. The van der Waals surface area contributed by atoms with E-state index in [2.05, 4.69) is 34.7 Å². The van der Waals surface area contributed by atoms with Crippen LogP contribution >= 0.6 is 28.1 Å². The van der Waals surface area contributed by atoms with Gasteiger partial charge < -0.3 is 10.6 Å². The maximum Gasteiger partial charge on any atom is 0.161 e. The maximum absolute atomic E-state index is 14.4. The zero-order valence-electron chi connectivity index (χ0n) is 11.2. The van der Waals surface area contributed by atoms with Crippen LogP contribution in [0.1, 0.15) is 32.3 Å². The minimum atomic E-state index is -0.273. The quantitative estimate of drug-likeness (QED) is 0.826. The molecule has 2 rings (SSSR count). The number of benzene rings is 1. The fourth-order valence-corrected chi connectivity index (χ4v) is 3.18. The van der Waals surface area contributed by atoms with E-state index < -0.39 is 0 Å². The molecule has 5 heteroatoms. The van der Waals surface area contributed by atoms with E-state index in [4.69, 9.17) is 18.0 Å². The first kappa shape index (κ1) is 14.7. The molecule has 1 aromatic rings. The van der Waals surface area contributed by atoms with Crippen molar-refractivity contribution in [1.82, 2.24) is 0 Å². The van der Waals surface area contributed by atoms with Gasteiger partial charge in [-0.05, 0) is 46.3 Å². The molecule has 0 bridgehead atoms. The number of hydrogen-bond acceptors (Lipinski definition) is 2. The largest absolute Gasteiger partial charge is 0.389 e. The zero-order chi connectivity index (χ0) is 14.2. The summed E-state index contributed by atoms with van der Waals surface area (Å²) in [4.78, 5) is 2.30. The first-order valence-electron chi connectivity index (χ1n) is 6.34. The number of thiocarbonyl (C=S) groups is 1.